The Morgan fingerprint density at radius 2 is 1.82 bits per heavy atom. The van der Waals surface area contributed by atoms with Crippen LogP contribution in [0.4, 0.5) is 5.69 Å². The standard InChI is InChI=1S/C12H7BrN4/c1-8-2-3-11(10(13)4-8)17-12(7-16)9(5-14)6-15/h2-4,17H,1H3. The molecule has 0 atom stereocenters. The maximum absolute atomic E-state index is 8.88. The predicted molar refractivity (Wildman–Crippen MR) is 66.4 cm³/mol. The molecule has 0 aromatic heterocycles. The van der Waals surface area contributed by atoms with Gasteiger partial charge in [0.15, 0.2) is 5.57 Å². The summed E-state index contributed by atoms with van der Waals surface area (Å²) in [5.41, 5.74) is 1.40. The first-order chi connectivity index (χ1) is 8.12. The zero-order chi connectivity index (χ0) is 12.8. The molecular formula is C12H7BrN4. The molecule has 17 heavy (non-hydrogen) atoms. The number of hydrogen-bond acceptors (Lipinski definition) is 4. The van der Waals surface area contributed by atoms with Gasteiger partial charge in [-0.3, -0.25) is 0 Å². The van der Waals surface area contributed by atoms with Gasteiger partial charge in [0.05, 0.1) is 5.69 Å². The summed E-state index contributed by atoms with van der Waals surface area (Å²) < 4.78 is 0.764. The summed E-state index contributed by atoms with van der Waals surface area (Å²) in [6, 6.07) is 10.6. The second kappa shape index (κ2) is 5.70. The van der Waals surface area contributed by atoms with Crippen LogP contribution < -0.4 is 5.32 Å². The van der Waals surface area contributed by atoms with Crippen molar-refractivity contribution in [3.63, 3.8) is 0 Å². The molecule has 4 nitrogen and oxygen atoms in total. The first kappa shape index (κ1) is 12.8. The van der Waals surface area contributed by atoms with Crippen LogP contribution in [0.2, 0.25) is 0 Å². The van der Waals surface area contributed by atoms with Crippen molar-refractivity contribution >= 4 is 21.6 Å². The van der Waals surface area contributed by atoms with E-state index in [9.17, 15) is 0 Å². The number of benzene rings is 1. The van der Waals surface area contributed by atoms with E-state index in [1.54, 1.807) is 24.3 Å². The Morgan fingerprint density at radius 3 is 2.29 bits per heavy atom. The first-order valence-electron chi connectivity index (χ1n) is 4.60. The number of aryl methyl sites for hydroxylation is 1. The van der Waals surface area contributed by atoms with Crippen molar-refractivity contribution < 1.29 is 0 Å². The van der Waals surface area contributed by atoms with Crippen molar-refractivity contribution in [2.75, 3.05) is 5.32 Å². The number of anilines is 1. The maximum atomic E-state index is 8.88. The number of hydrogen-bond donors (Lipinski definition) is 1. The second-order valence-corrected chi connectivity index (χ2v) is 4.05. The molecule has 0 aliphatic carbocycles. The van der Waals surface area contributed by atoms with E-state index in [-0.39, 0.29) is 11.3 Å². The van der Waals surface area contributed by atoms with Crippen molar-refractivity contribution in [2.24, 2.45) is 0 Å². The van der Waals surface area contributed by atoms with Gasteiger partial charge in [-0.25, -0.2) is 0 Å². The molecule has 0 saturated heterocycles. The molecular weight excluding hydrogens is 280 g/mol. The minimum atomic E-state index is -0.236. The Balaban J connectivity index is 3.16. The summed E-state index contributed by atoms with van der Waals surface area (Å²) in [7, 11) is 0. The number of nitrogens with one attached hydrogen (secondary N) is 1. The van der Waals surface area contributed by atoms with Gasteiger partial charge in [0, 0.05) is 4.47 Å². The van der Waals surface area contributed by atoms with Crippen LogP contribution in [-0.2, 0) is 0 Å². The van der Waals surface area contributed by atoms with E-state index in [0.29, 0.717) is 5.69 Å². The lowest BCUT2D eigenvalue weighted by atomic mass is 10.2. The number of rotatable bonds is 2. The van der Waals surface area contributed by atoms with Gasteiger partial charge in [0.1, 0.15) is 23.9 Å². The molecule has 0 aliphatic rings. The average molecular weight is 287 g/mol. The molecule has 0 bridgehead atoms. The largest absolute Gasteiger partial charge is 0.344 e. The quantitative estimate of drug-likeness (QED) is 0.847. The van der Waals surface area contributed by atoms with Crippen LogP contribution in [0.3, 0.4) is 0 Å². The van der Waals surface area contributed by atoms with Crippen molar-refractivity contribution in [1.82, 2.24) is 0 Å². The van der Waals surface area contributed by atoms with Gasteiger partial charge in [-0.1, -0.05) is 6.07 Å². The Morgan fingerprint density at radius 1 is 1.18 bits per heavy atom. The fourth-order valence-electron chi connectivity index (χ4n) is 1.14. The number of allylic oxidation sites excluding steroid dienone is 2. The molecule has 1 aromatic rings. The van der Waals surface area contributed by atoms with E-state index in [0.717, 1.165) is 10.0 Å². The second-order valence-electron chi connectivity index (χ2n) is 3.19. The molecule has 82 valence electrons. The highest BCUT2D eigenvalue weighted by molar-refractivity contribution is 9.10. The minimum absolute atomic E-state index is 0.0560. The van der Waals surface area contributed by atoms with Crippen LogP contribution in [0, 0.1) is 40.9 Å². The van der Waals surface area contributed by atoms with Crippen LogP contribution in [0.15, 0.2) is 33.9 Å². The van der Waals surface area contributed by atoms with Gasteiger partial charge in [-0.2, -0.15) is 15.8 Å². The van der Waals surface area contributed by atoms with Crippen LogP contribution in [0.25, 0.3) is 0 Å². The summed E-state index contributed by atoms with van der Waals surface area (Å²) in [5, 5.41) is 29.0. The molecule has 0 saturated carbocycles. The van der Waals surface area contributed by atoms with Gasteiger partial charge in [-0.15, -0.1) is 0 Å². The van der Waals surface area contributed by atoms with Crippen molar-refractivity contribution in [3.05, 3.63) is 39.5 Å². The topological polar surface area (TPSA) is 83.4 Å². The molecule has 0 amide bonds. The van der Waals surface area contributed by atoms with Gasteiger partial charge in [-0.05, 0) is 40.5 Å². The van der Waals surface area contributed by atoms with Gasteiger partial charge >= 0.3 is 0 Å². The lowest BCUT2D eigenvalue weighted by molar-refractivity contribution is 1.35. The third-order valence-electron chi connectivity index (χ3n) is 1.97. The van der Waals surface area contributed by atoms with Crippen LogP contribution in [0.5, 0.6) is 0 Å². The molecule has 0 fully saturated rings. The summed E-state index contributed by atoms with van der Waals surface area (Å²) in [4.78, 5) is 0. The zero-order valence-electron chi connectivity index (χ0n) is 8.95. The third kappa shape index (κ3) is 3.08. The monoisotopic (exact) mass is 286 g/mol. The molecule has 0 radical (unpaired) electrons. The van der Waals surface area contributed by atoms with Gasteiger partial charge in [0.2, 0.25) is 0 Å². The van der Waals surface area contributed by atoms with Crippen LogP contribution in [0.1, 0.15) is 5.56 Å². The fourth-order valence-corrected chi connectivity index (χ4v) is 1.73. The molecule has 0 spiro atoms. The van der Waals surface area contributed by atoms with E-state index >= 15 is 0 Å². The lowest BCUT2D eigenvalue weighted by Gasteiger charge is -2.07. The predicted octanol–water partition coefficient (Wildman–Crippen LogP) is 2.99. The summed E-state index contributed by atoms with van der Waals surface area (Å²) in [6.07, 6.45) is 0. The van der Waals surface area contributed by atoms with Crippen molar-refractivity contribution in [2.45, 2.75) is 6.92 Å². The Bertz CT molecular complexity index is 580. The Hall–Kier alpha value is -2.29. The average Bonchev–Trinajstić information content (AvgIpc) is 2.32. The molecule has 1 N–H and O–H groups in total. The molecule has 0 unspecified atom stereocenters. The minimum Gasteiger partial charge on any atom is -0.344 e. The Labute approximate surface area is 108 Å². The first-order valence-corrected chi connectivity index (χ1v) is 5.39. The van der Waals surface area contributed by atoms with E-state index in [1.807, 2.05) is 19.1 Å². The van der Waals surface area contributed by atoms with Crippen LogP contribution in [-0.4, -0.2) is 0 Å². The Kier molecular flexibility index (Phi) is 4.29. The molecule has 0 heterocycles. The maximum Gasteiger partial charge on any atom is 0.163 e. The van der Waals surface area contributed by atoms with E-state index < -0.39 is 0 Å². The summed E-state index contributed by atoms with van der Waals surface area (Å²) in [5.74, 6) is 0. The molecule has 1 rings (SSSR count). The highest BCUT2D eigenvalue weighted by Gasteiger charge is 2.07. The molecule has 5 heteroatoms. The SMILES string of the molecule is Cc1ccc(NC(C#N)=C(C#N)C#N)c(Br)c1. The summed E-state index contributed by atoms with van der Waals surface area (Å²) in [6.45, 7) is 1.94. The third-order valence-corrected chi connectivity index (χ3v) is 2.63. The smallest absolute Gasteiger partial charge is 0.163 e. The fraction of sp³-hybridized carbons (Fsp3) is 0.0833. The summed E-state index contributed by atoms with van der Waals surface area (Å²) >= 11 is 3.34. The van der Waals surface area contributed by atoms with E-state index in [1.165, 1.54) is 0 Å². The molecule has 1 aromatic carbocycles. The van der Waals surface area contributed by atoms with Gasteiger partial charge in [0.25, 0.3) is 0 Å². The number of nitrogens with zero attached hydrogens (tertiary/aromatic N) is 3. The number of nitriles is 3. The van der Waals surface area contributed by atoms with Gasteiger partial charge < -0.3 is 5.32 Å². The highest BCUT2D eigenvalue weighted by atomic mass is 79.9. The van der Waals surface area contributed by atoms with E-state index in [2.05, 4.69) is 21.2 Å². The number of halogens is 1. The van der Waals surface area contributed by atoms with Crippen LogP contribution >= 0.6 is 15.9 Å². The lowest BCUT2D eigenvalue weighted by Crippen LogP contribution is -2.01. The normalized spacial score (nSPS) is 8.41. The zero-order valence-corrected chi connectivity index (χ0v) is 10.5. The van der Waals surface area contributed by atoms with E-state index in [4.69, 9.17) is 15.8 Å². The van der Waals surface area contributed by atoms with Crippen molar-refractivity contribution in [1.29, 1.82) is 15.8 Å². The van der Waals surface area contributed by atoms with Crippen molar-refractivity contribution in [3.8, 4) is 18.2 Å². The molecule has 0 aliphatic heterocycles. The highest BCUT2D eigenvalue weighted by Crippen LogP contribution is 2.25.